The molecule has 1 saturated heterocycles. The Bertz CT molecular complexity index is 1260. The van der Waals surface area contributed by atoms with Crippen LogP contribution in [0.25, 0.3) is 5.69 Å². The van der Waals surface area contributed by atoms with E-state index in [2.05, 4.69) is 107 Å². The zero-order chi connectivity index (χ0) is 22.2. The number of thiocarbonyl (C=S) groups is 1. The molecule has 0 amide bonds. The van der Waals surface area contributed by atoms with Gasteiger partial charge in [-0.25, -0.2) is 0 Å². The molecule has 0 unspecified atom stereocenters. The van der Waals surface area contributed by atoms with Crippen LogP contribution in [0, 0.1) is 20.8 Å². The fourth-order valence-electron chi connectivity index (χ4n) is 4.38. The Morgan fingerprint density at radius 1 is 0.844 bits per heavy atom. The van der Waals surface area contributed by atoms with Gasteiger partial charge in [-0.1, -0.05) is 29.8 Å². The summed E-state index contributed by atoms with van der Waals surface area (Å²) in [6.07, 6.45) is 3.97. The van der Waals surface area contributed by atoms with Crippen LogP contribution in [-0.2, 0) is 0 Å². The van der Waals surface area contributed by atoms with Gasteiger partial charge in [-0.2, -0.15) is 0 Å². The van der Waals surface area contributed by atoms with Crippen LogP contribution in [-0.4, -0.2) is 14.7 Å². The molecule has 0 saturated carbocycles. The van der Waals surface area contributed by atoms with E-state index in [0.717, 1.165) is 22.8 Å². The lowest BCUT2D eigenvalue weighted by Crippen LogP contribution is -2.30. The Morgan fingerprint density at radius 2 is 1.62 bits per heavy atom. The van der Waals surface area contributed by atoms with Crippen molar-refractivity contribution in [1.82, 2.24) is 14.9 Å². The van der Waals surface area contributed by atoms with E-state index in [1.54, 1.807) is 0 Å². The first-order valence-corrected chi connectivity index (χ1v) is 11.3. The molecule has 5 rings (SSSR count). The lowest BCUT2D eigenvalue weighted by Gasteiger charge is -2.29. The van der Waals surface area contributed by atoms with Gasteiger partial charge in [-0.05, 0) is 92.6 Å². The van der Waals surface area contributed by atoms with Crippen molar-refractivity contribution in [2.45, 2.75) is 32.9 Å². The van der Waals surface area contributed by atoms with Crippen molar-refractivity contribution in [2.75, 3.05) is 4.90 Å². The second kappa shape index (κ2) is 8.24. The highest BCUT2D eigenvalue weighted by Gasteiger charge is 2.42. The molecule has 1 N–H and O–H groups in total. The molecule has 2 aromatic carbocycles. The molecule has 160 valence electrons. The Hall–Kier alpha value is -3.44. The van der Waals surface area contributed by atoms with Crippen LogP contribution in [0.3, 0.4) is 0 Å². The fourth-order valence-corrected chi connectivity index (χ4v) is 4.73. The van der Waals surface area contributed by atoms with Gasteiger partial charge in [0.05, 0.1) is 11.7 Å². The average Bonchev–Trinajstić information content (AvgIpc) is 3.41. The monoisotopic (exact) mass is 438 g/mol. The molecule has 2 atom stereocenters. The maximum atomic E-state index is 5.86. The van der Waals surface area contributed by atoms with Gasteiger partial charge >= 0.3 is 0 Å². The second-order valence-electron chi connectivity index (χ2n) is 8.40. The lowest BCUT2D eigenvalue weighted by atomic mass is 10.0. The van der Waals surface area contributed by atoms with Gasteiger partial charge in [0.2, 0.25) is 0 Å². The zero-order valence-corrected chi connectivity index (χ0v) is 19.3. The van der Waals surface area contributed by atoms with E-state index >= 15 is 0 Å². The summed E-state index contributed by atoms with van der Waals surface area (Å²) in [6.45, 7) is 6.40. The number of rotatable bonds is 4. The first kappa shape index (κ1) is 20.5. The number of nitrogens with zero attached hydrogens (tertiary/aromatic N) is 3. The minimum atomic E-state index is -0.0646. The number of pyridine rings is 1. The number of hydrogen-bond donors (Lipinski definition) is 1. The molecule has 3 heterocycles. The van der Waals surface area contributed by atoms with Crippen molar-refractivity contribution in [3.05, 3.63) is 113 Å². The summed E-state index contributed by atoms with van der Waals surface area (Å²) in [5, 5.41) is 4.26. The first-order valence-electron chi connectivity index (χ1n) is 10.8. The number of benzene rings is 2. The molecule has 4 aromatic rings. The van der Waals surface area contributed by atoms with Crippen molar-refractivity contribution in [2.24, 2.45) is 0 Å². The number of hydrogen-bond acceptors (Lipinski definition) is 2. The Morgan fingerprint density at radius 3 is 2.34 bits per heavy atom. The van der Waals surface area contributed by atoms with Crippen LogP contribution in [0.2, 0.25) is 0 Å². The van der Waals surface area contributed by atoms with Crippen LogP contribution in [0.4, 0.5) is 5.69 Å². The third kappa shape index (κ3) is 3.59. The largest absolute Gasteiger partial charge is 0.351 e. The summed E-state index contributed by atoms with van der Waals surface area (Å²) >= 11 is 5.86. The minimum absolute atomic E-state index is 0.0447. The molecular formula is C27H26N4S. The van der Waals surface area contributed by atoms with Gasteiger partial charge in [0.15, 0.2) is 5.11 Å². The van der Waals surface area contributed by atoms with Gasteiger partial charge < -0.3 is 14.8 Å². The van der Waals surface area contributed by atoms with Crippen molar-refractivity contribution in [1.29, 1.82) is 0 Å². The fraction of sp³-hybridized carbons (Fsp3) is 0.185. The maximum absolute atomic E-state index is 5.86. The van der Waals surface area contributed by atoms with Gasteiger partial charge in [0.1, 0.15) is 6.04 Å². The summed E-state index contributed by atoms with van der Waals surface area (Å²) in [5.41, 5.74) is 8.15. The summed E-state index contributed by atoms with van der Waals surface area (Å²) in [5.74, 6) is 0. The van der Waals surface area contributed by atoms with Crippen LogP contribution in [0.15, 0.2) is 85.2 Å². The van der Waals surface area contributed by atoms with Crippen molar-refractivity contribution in [3.8, 4) is 5.69 Å². The summed E-state index contributed by atoms with van der Waals surface area (Å²) in [4.78, 5) is 6.89. The molecule has 0 aliphatic carbocycles. The minimum Gasteiger partial charge on any atom is -0.351 e. The Labute approximate surface area is 194 Å². The normalized spacial score (nSPS) is 18.1. The topological polar surface area (TPSA) is 33.1 Å². The smallest absolute Gasteiger partial charge is 0.174 e. The SMILES string of the molecule is Cc1ccc(N2C(=S)N[C@@H](c3ccccn3)[C@@H]2c2cccn2-c2ccc(C)c(C)c2)cc1. The van der Waals surface area contributed by atoms with Gasteiger partial charge in [-0.15, -0.1) is 0 Å². The summed E-state index contributed by atoms with van der Waals surface area (Å²) in [7, 11) is 0. The van der Waals surface area contributed by atoms with Crippen LogP contribution in [0.5, 0.6) is 0 Å². The molecule has 2 aromatic heterocycles. The van der Waals surface area contributed by atoms with Gasteiger partial charge in [0.25, 0.3) is 0 Å². The molecule has 0 spiro atoms. The molecule has 1 fully saturated rings. The van der Waals surface area contributed by atoms with Crippen molar-refractivity contribution < 1.29 is 0 Å². The van der Waals surface area contributed by atoms with E-state index in [4.69, 9.17) is 12.2 Å². The Balaban J connectivity index is 1.67. The predicted molar refractivity (Wildman–Crippen MR) is 134 cm³/mol. The molecular weight excluding hydrogens is 412 g/mol. The van der Waals surface area contributed by atoms with Crippen LogP contribution >= 0.6 is 12.2 Å². The maximum Gasteiger partial charge on any atom is 0.174 e. The third-order valence-corrected chi connectivity index (χ3v) is 6.58. The zero-order valence-electron chi connectivity index (χ0n) is 18.5. The first-order chi connectivity index (χ1) is 15.5. The van der Waals surface area contributed by atoms with Crippen LogP contribution in [0.1, 0.15) is 40.2 Å². The number of nitrogens with one attached hydrogen (secondary N) is 1. The standard InChI is InChI=1S/C27H26N4S/c1-18-9-12-21(13-10-18)31-26(25(29-27(31)32)23-7-4-5-15-28-23)24-8-6-16-30(24)22-14-11-19(2)20(3)17-22/h4-17,25-26H,1-3H3,(H,29,32)/t25-,26-/m0/s1. The Kier molecular flexibility index (Phi) is 5.27. The molecule has 4 nitrogen and oxygen atoms in total. The highest BCUT2D eigenvalue weighted by molar-refractivity contribution is 7.80. The van der Waals surface area contributed by atoms with Crippen LogP contribution < -0.4 is 10.2 Å². The molecule has 1 aliphatic rings. The van der Waals surface area contributed by atoms with E-state index in [1.165, 1.54) is 16.7 Å². The quantitative estimate of drug-likeness (QED) is 0.398. The van der Waals surface area contributed by atoms with Crippen molar-refractivity contribution in [3.63, 3.8) is 0 Å². The third-order valence-electron chi connectivity index (χ3n) is 6.26. The molecule has 32 heavy (non-hydrogen) atoms. The number of anilines is 1. The lowest BCUT2D eigenvalue weighted by molar-refractivity contribution is 0.549. The van der Waals surface area contributed by atoms with E-state index in [-0.39, 0.29) is 12.1 Å². The summed E-state index contributed by atoms with van der Waals surface area (Å²) < 4.78 is 2.27. The average molecular weight is 439 g/mol. The predicted octanol–water partition coefficient (Wildman–Crippen LogP) is 5.97. The number of aryl methyl sites for hydroxylation is 3. The molecule has 0 bridgehead atoms. The molecule has 0 radical (unpaired) electrons. The van der Waals surface area contributed by atoms with E-state index in [0.29, 0.717) is 5.11 Å². The van der Waals surface area contributed by atoms with E-state index in [1.807, 2.05) is 18.3 Å². The van der Waals surface area contributed by atoms with Gasteiger partial charge in [-0.3, -0.25) is 4.98 Å². The second-order valence-corrected chi connectivity index (χ2v) is 8.79. The highest BCUT2D eigenvalue weighted by atomic mass is 32.1. The van der Waals surface area contributed by atoms with Gasteiger partial charge in [0, 0.05) is 29.5 Å². The van der Waals surface area contributed by atoms with E-state index < -0.39 is 0 Å². The van der Waals surface area contributed by atoms with E-state index in [9.17, 15) is 0 Å². The van der Waals surface area contributed by atoms with Crippen molar-refractivity contribution >= 4 is 23.0 Å². The molecule has 5 heteroatoms. The summed E-state index contributed by atoms with van der Waals surface area (Å²) in [6, 6.07) is 25.4. The number of aromatic nitrogens is 2. The highest BCUT2D eigenvalue weighted by Crippen LogP contribution is 2.42. The molecule has 1 aliphatic heterocycles.